The van der Waals surface area contributed by atoms with Gasteiger partial charge in [-0.3, -0.25) is 14.5 Å². The van der Waals surface area contributed by atoms with Gasteiger partial charge in [0.25, 0.3) is 5.91 Å². The van der Waals surface area contributed by atoms with Gasteiger partial charge in [0.1, 0.15) is 5.37 Å². The number of benzene rings is 3. The number of rotatable bonds is 5. The molecule has 3 aromatic carbocycles. The Kier molecular flexibility index (Phi) is 6.71. The van der Waals surface area contributed by atoms with Crippen LogP contribution in [0.1, 0.15) is 47.6 Å². The molecule has 2 amide bonds. The summed E-state index contributed by atoms with van der Waals surface area (Å²) in [6.45, 7) is 6.46. The molecule has 34 heavy (non-hydrogen) atoms. The van der Waals surface area contributed by atoms with Crippen molar-refractivity contribution in [2.75, 3.05) is 35.0 Å². The van der Waals surface area contributed by atoms with E-state index in [4.69, 9.17) is 0 Å². The predicted molar refractivity (Wildman–Crippen MR) is 143 cm³/mol. The summed E-state index contributed by atoms with van der Waals surface area (Å²) in [4.78, 5) is 29.3. The van der Waals surface area contributed by atoms with E-state index in [0.717, 1.165) is 22.6 Å². The highest BCUT2D eigenvalue weighted by Gasteiger charge is 2.34. The topological polar surface area (TPSA) is 52.6 Å². The Labute approximate surface area is 206 Å². The van der Waals surface area contributed by atoms with Crippen LogP contribution in [0.4, 0.5) is 17.1 Å². The number of carbonyl (C=O) groups excluding carboxylic acids is 2. The molecule has 0 aliphatic carbocycles. The lowest BCUT2D eigenvalue weighted by Gasteiger charge is -2.25. The summed E-state index contributed by atoms with van der Waals surface area (Å²) in [5, 5.41) is 2.88. The maximum Gasteiger partial charge on any atom is 0.255 e. The van der Waals surface area contributed by atoms with Gasteiger partial charge in [0.05, 0.1) is 5.75 Å². The lowest BCUT2D eigenvalue weighted by atomic mass is 9.87. The standard InChI is InChI=1S/C28H31N3O2S/c1-28(2,3)21-10-6-19(7-11-21)26(33)29-22-12-8-20(9-13-22)27-31(25(32)18-34-27)24-16-14-23(15-17-24)30(4)5/h6-17,27H,18H2,1-5H3,(H,29,33)/t27-/m1/s1. The summed E-state index contributed by atoms with van der Waals surface area (Å²) in [6.07, 6.45) is 0. The van der Waals surface area contributed by atoms with Gasteiger partial charge < -0.3 is 10.2 Å². The Bertz CT molecular complexity index is 1160. The summed E-state index contributed by atoms with van der Waals surface area (Å²) >= 11 is 1.62. The SMILES string of the molecule is CN(C)c1ccc(N2C(=O)CS[C@@H]2c2ccc(NC(=O)c3ccc(C(C)(C)C)cc3)cc2)cc1. The Morgan fingerprint density at radius 2 is 1.56 bits per heavy atom. The number of hydrogen-bond donors (Lipinski definition) is 1. The molecule has 1 aliphatic rings. The van der Waals surface area contributed by atoms with Crippen molar-refractivity contribution in [1.29, 1.82) is 0 Å². The molecule has 0 bridgehead atoms. The normalized spacial score (nSPS) is 16.0. The highest BCUT2D eigenvalue weighted by molar-refractivity contribution is 8.00. The van der Waals surface area contributed by atoms with Gasteiger partial charge >= 0.3 is 0 Å². The van der Waals surface area contributed by atoms with Crippen LogP contribution in [0.15, 0.2) is 72.8 Å². The smallest absolute Gasteiger partial charge is 0.255 e. The van der Waals surface area contributed by atoms with E-state index >= 15 is 0 Å². The lowest BCUT2D eigenvalue weighted by molar-refractivity contribution is -0.115. The summed E-state index contributed by atoms with van der Waals surface area (Å²) in [5.74, 6) is 0.410. The van der Waals surface area contributed by atoms with Gasteiger partial charge in [-0.2, -0.15) is 0 Å². The second-order valence-corrected chi connectivity index (χ2v) is 10.8. The molecule has 1 N–H and O–H groups in total. The number of hydrogen-bond acceptors (Lipinski definition) is 4. The quantitative estimate of drug-likeness (QED) is 0.488. The van der Waals surface area contributed by atoms with Crippen LogP contribution in [0.5, 0.6) is 0 Å². The van der Waals surface area contributed by atoms with Gasteiger partial charge in [0.2, 0.25) is 5.91 Å². The van der Waals surface area contributed by atoms with Gasteiger partial charge in [0, 0.05) is 36.7 Å². The fourth-order valence-corrected chi connectivity index (χ4v) is 5.09. The maximum atomic E-state index is 12.7. The Balaban J connectivity index is 1.47. The van der Waals surface area contributed by atoms with Crippen molar-refractivity contribution in [2.24, 2.45) is 0 Å². The summed E-state index contributed by atoms with van der Waals surface area (Å²) in [6, 6.07) is 23.5. The number of anilines is 3. The first-order chi connectivity index (χ1) is 16.1. The molecular weight excluding hydrogens is 442 g/mol. The van der Waals surface area contributed by atoms with E-state index in [1.165, 1.54) is 5.56 Å². The van der Waals surface area contributed by atoms with Crippen LogP contribution < -0.4 is 15.1 Å². The minimum absolute atomic E-state index is 0.0484. The van der Waals surface area contributed by atoms with Gasteiger partial charge in [0.15, 0.2) is 0 Å². The van der Waals surface area contributed by atoms with Crippen molar-refractivity contribution in [1.82, 2.24) is 0 Å². The highest BCUT2D eigenvalue weighted by Crippen LogP contribution is 2.42. The molecule has 0 unspecified atom stereocenters. The Hall–Kier alpha value is -3.25. The molecule has 176 valence electrons. The molecule has 1 aliphatic heterocycles. The predicted octanol–water partition coefficient (Wildman–Crippen LogP) is 6.08. The van der Waals surface area contributed by atoms with Crippen molar-refractivity contribution < 1.29 is 9.59 Å². The van der Waals surface area contributed by atoms with Crippen molar-refractivity contribution >= 4 is 40.6 Å². The molecule has 1 heterocycles. The van der Waals surface area contributed by atoms with Crippen LogP contribution in [-0.4, -0.2) is 31.7 Å². The van der Waals surface area contributed by atoms with Crippen LogP contribution >= 0.6 is 11.8 Å². The Morgan fingerprint density at radius 1 is 0.941 bits per heavy atom. The van der Waals surface area contributed by atoms with E-state index in [9.17, 15) is 9.59 Å². The fourth-order valence-electron chi connectivity index (χ4n) is 3.92. The third-order valence-corrected chi connectivity index (χ3v) is 7.19. The molecular formula is C28H31N3O2S. The first kappa shape index (κ1) is 23.9. The number of nitrogens with one attached hydrogen (secondary N) is 1. The van der Waals surface area contributed by atoms with Crippen molar-refractivity contribution in [3.8, 4) is 0 Å². The van der Waals surface area contributed by atoms with Crippen LogP contribution in [0.2, 0.25) is 0 Å². The number of nitrogens with zero attached hydrogens (tertiary/aromatic N) is 2. The second kappa shape index (κ2) is 9.55. The molecule has 3 aromatic rings. The van der Waals surface area contributed by atoms with Crippen molar-refractivity contribution in [2.45, 2.75) is 31.6 Å². The molecule has 0 aromatic heterocycles. The van der Waals surface area contributed by atoms with Gasteiger partial charge in [-0.15, -0.1) is 11.8 Å². The summed E-state index contributed by atoms with van der Waals surface area (Å²) < 4.78 is 0. The average molecular weight is 474 g/mol. The van der Waals surface area contributed by atoms with E-state index < -0.39 is 0 Å². The van der Waals surface area contributed by atoms with Gasteiger partial charge in [-0.25, -0.2) is 0 Å². The first-order valence-electron chi connectivity index (χ1n) is 11.4. The second-order valence-electron chi connectivity index (χ2n) is 9.74. The van der Waals surface area contributed by atoms with E-state index in [0.29, 0.717) is 11.3 Å². The molecule has 0 radical (unpaired) electrons. The first-order valence-corrected chi connectivity index (χ1v) is 12.4. The monoisotopic (exact) mass is 473 g/mol. The largest absolute Gasteiger partial charge is 0.378 e. The van der Waals surface area contributed by atoms with Crippen LogP contribution in [0.25, 0.3) is 0 Å². The number of amides is 2. The van der Waals surface area contributed by atoms with Crippen LogP contribution in [-0.2, 0) is 10.2 Å². The minimum atomic E-state index is -0.138. The molecule has 5 nitrogen and oxygen atoms in total. The van der Waals surface area contributed by atoms with E-state index in [-0.39, 0.29) is 22.6 Å². The molecule has 1 saturated heterocycles. The Morgan fingerprint density at radius 3 is 2.12 bits per heavy atom. The third-order valence-electron chi connectivity index (χ3n) is 5.98. The van der Waals surface area contributed by atoms with Gasteiger partial charge in [-0.1, -0.05) is 45.0 Å². The van der Waals surface area contributed by atoms with Crippen LogP contribution in [0.3, 0.4) is 0 Å². The molecule has 1 atom stereocenters. The maximum absolute atomic E-state index is 12.7. The number of carbonyl (C=O) groups is 2. The average Bonchev–Trinajstić information content (AvgIpc) is 3.20. The summed E-state index contributed by atoms with van der Waals surface area (Å²) in [5.41, 5.74) is 5.60. The van der Waals surface area contributed by atoms with E-state index in [2.05, 4.69) is 26.1 Å². The van der Waals surface area contributed by atoms with Crippen molar-refractivity contribution in [3.05, 3.63) is 89.5 Å². The lowest BCUT2D eigenvalue weighted by Crippen LogP contribution is -2.27. The zero-order valence-electron chi connectivity index (χ0n) is 20.3. The zero-order chi connectivity index (χ0) is 24.5. The molecule has 4 rings (SSSR count). The van der Waals surface area contributed by atoms with E-state index in [1.807, 2.05) is 96.7 Å². The zero-order valence-corrected chi connectivity index (χ0v) is 21.1. The van der Waals surface area contributed by atoms with Crippen LogP contribution in [0, 0.1) is 0 Å². The highest BCUT2D eigenvalue weighted by atomic mass is 32.2. The van der Waals surface area contributed by atoms with E-state index in [1.54, 1.807) is 11.8 Å². The van der Waals surface area contributed by atoms with Gasteiger partial charge in [-0.05, 0) is 65.1 Å². The molecule has 6 heteroatoms. The fraction of sp³-hybridized carbons (Fsp3) is 0.286. The molecule has 0 spiro atoms. The van der Waals surface area contributed by atoms with Crippen molar-refractivity contribution in [3.63, 3.8) is 0 Å². The minimum Gasteiger partial charge on any atom is -0.378 e. The number of thioether (sulfide) groups is 1. The molecule has 0 saturated carbocycles. The summed E-state index contributed by atoms with van der Waals surface area (Å²) in [7, 11) is 3.99. The third kappa shape index (κ3) is 5.12. The molecule has 1 fully saturated rings.